The molecule has 0 saturated carbocycles. The van der Waals surface area contributed by atoms with Crippen molar-refractivity contribution < 1.29 is 0 Å². The van der Waals surface area contributed by atoms with E-state index in [1.807, 2.05) is 6.20 Å². The summed E-state index contributed by atoms with van der Waals surface area (Å²) >= 11 is 3.49. The van der Waals surface area contributed by atoms with E-state index in [1.54, 1.807) is 22.7 Å². The normalized spacial score (nSPS) is 12.0. The van der Waals surface area contributed by atoms with E-state index in [9.17, 15) is 0 Å². The second kappa shape index (κ2) is 9.74. The summed E-state index contributed by atoms with van der Waals surface area (Å²) in [6.07, 6.45) is 3.73. The van der Waals surface area contributed by atoms with Gasteiger partial charge in [0.1, 0.15) is 0 Å². The summed E-state index contributed by atoms with van der Waals surface area (Å²) in [5, 5.41) is 11.2. The molecule has 2 rings (SSSR count). The lowest BCUT2D eigenvalue weighted by Crippen LogP contribution is -2.38. The molecule has 0 bridgehead atoms. The number of aryl methyl sites for hydroxylation is 1. The molecule has 2 aromatic rings. The molecule has 5 nitrogen and oxygen atoms in total. The van der Waals surface area contributed by atoms with Crippen LogP contribution in [0.15, 0.2) is 16.6 Å². The van der Waals surface area contributed by atoms with Gasteiger partial charge < -0.3 is 10.6 Å². The van der Waals surface area contributed by atoms with Crippen molar-refractivity contribution in [1.29, 1.82) is 0 Å². The van der Waals surface area contributed by atoms with Gasteiger partial charge in [0.15, 0.2) is 5.96 Å². The van der Waals surface area contributed by atoms with Crippen molar-refractivity contribution in [2.75, 3.05) is 19.6 Å². The molecule has 0 radical (unpaired) electrons. The van der Waals surface area contributed by atoms with Crippen LogP contribution in [0.2, 0.25) is 0 Å². The number of hydrogen-bond donors (Lipinski definition) is 2. The molecule has 0 unspecified atom stereocenters. The first-order valence-corrected chi connectivity index (χ1v) is 10.2. The Hall–Kier alpha value is -1.47. The van der Waals surface area contributed by atoms with Crippen LogP contribution in [0.25, 0.3) is 0 Å². The highest BCUT2D eigenvalue weighted by molar-refractivity contribution is 7.11. The standard InChI is InChI=1S/C17H27N5S2/c1-5-18-17(20-9-7-15-21-10-13(4)24-15)19-8-6-14-11-23-16(22-14)12(2)3/h10-12H,5-9H2,1-4H3,(H2,18,19,20). The van der Waals surface area contributed by atoms with Gasteiger partial charge in [-0.15, -0.1) is 22.7 Å². The molecule has 0 aliphatic carbocycles. The fourth-order valence-electron chi connectivity index (χ4n) is 2.13. The fourth-order valence-corrected chi connectivity index (χ4v) is 3.78. The van der Waals surface area contributed by atoms with Crippen LogP contribution < -0.4 is 10.6 Å². The van der Waals surface area contributed by atoms with E-state index < -0.39 is 0 Å². The summed E-state index contributed by atoms with van der Waals surface area (Å²) in [6, 6.07) is 0. The molecule has 7 heteroatoms. The van der Waals surface area contributed by atoms with Crippen LogP contribution in [-0.2, 0) is 12.8 Å². The molecule has 0 fully saturated rings. The first kappa shape index (κ1) is 18.9. The first-order valence-electron chi connectivity index (χ1n) is 8.46. The maximum Gasteiger partial charge on any atom is 0.191 e. The van der Waals surface area contributed by atoms with Gasteiger partial charge in [-0.05, 0) is 13.8 Å². The predicted octanol–water partition coefficient (Wildman–Crippen LogP) is 3.37. The van der Waals surface area contributed by atoms with E-state index in [0.29, 0.717) is 5.92 Å². The summed E-state index contributed by atoms with van der Waals surface area (Å²) in [7, 11) is 0. The van der Waals surface area contributed by atoms with E-state index >= 15 is 0 Å². The molecule has 0 aromatic carbocycles. The quantitative estimate of drug-likeness (QED) is 0.556. The Morgan fingerprint density at radius 3 is 2.75 bits per heavy atom. The van der Waals surface area contributed by atoms with Crippen LogP contribution in [0.3, 0.4) is 0 Å². The predicted molar refractivity (Wildman–Crippen MR) is 104 cm³/mol. The SMILES string of the molecule is CCNC(=NCCc1ncc(C)s1)NCCc1csc(C(C)C)n1. The number of aliphatic imine (C=N–C) groups is 1. The number of rotatable bonds is 8. The van der Waals surface area contributed by atoms with Crippen LogP contribution in [0.5, 0.6) is 0 Å². The van der Waals surface area contributed by atoms with Gasteiger partial charge in [0.05, 0.1) is 15.7 Å². The van der Waals surface area contributed by atoms with Crippen LogP contribution in [0, 0.1) is 6.92 Å². The van der Waals surface area contributed by atoms with Gasteiger partial charge in [-0.2, -0.15) is 0 Å². The number of nitrogens with zero attached hydrogens (tertiary/aromatic N) is 3. The number of hydrogen-bond acceptors (Lipinski definition) is 5. The van der Waals surface area contributed by atoms with Crippen molar-refractivity contribution in [3.8, 4) is 0 Å². The highest BCUT2D eigenvalue weighted by Gasteiger charge is 2.06. The third kappa shape index (κ3) is 6.20. The van der Waals surface area contributed by atoms with Gasteiger partial charge >= 0.3 is 0 Å². The van der Waals surface area contributed by atoms with Crippen molar-refractivity contribution in [2.45, 2.75) is 46.5 Å². The lowest BCUT2D eigenvalue weighted by molar-refractivity contribution is 0.778. The molecule has 0 amide bonds. The van der Waals surface area contributed by atoms with Gasteiger partial charge in [-0.25, -0.2) is 9.97 Å². The summed E-state index contributed by atoms with van der Waals surface area (Å²) in [5.74, 6) is 1.37. The molecule has 0 aliphatic rings. The van der Waals surface area contributed by atoms with Crippen LogP contribution in [-0.4, -0.2) is 35.6 Å². The van der Waals surface area contributed by atoms with Crippen molar-refractivity contribution in [1.82, 2.24) is 20.6 Å². The number of aromatic nitrogens is 2. The van der Waals surface area contributed by atoms with Gasteiger partial charge in [-0.1, -0.05) is 13.8 Å². The highest BCUT2D eigenvalue weighted by atomic mass is 32.1. The summed E-state index contributed by atoms with van der Waals surface area (Å²) in [5.41, 5.74) is 1.16. The molecule has 132 valence electrons. The van der Waals surface area contributed by atoms with Crippen LogP contribution in [0.4, 0.5) is 0 Å². The van der Waals surface area contributed by atoms with E-state index in [-0.39, 0.29) is 0 Å². The lowest BCUT2D eigenvalue weighted by atomic mass is 10.2. The van der Waals surface area contributed by atoms with Gasteiger partial charge in [0.25, 0.3) is 0 Å². The summed E-state index contributed by atoms with van der Waals surface area (Å²) in [6.45, 7) is 11.0. The van der Waals surface area contributed by atoms with Crippen molar-refractivity contribution in [3.05, 3.63) is 32.2 Å². The minimum atomic E-state index is 0.505. The Bertz CT molecular complexity index is 645. The second-order valence-electron chi connectivity index (χ2n) is 5.88. The Labute approximate surface area is 152 Å². The lowest BCUT2D eigenvalue weighted by Gasteiger charge is -2.10. The Kier molecular flexibility index (Phi) is 7.65. The first-order chi connectivity index (χ1) is 11.6. The maximum absolute atomic E-state index is 4.67. The molecule has 0 aliphatic heterocycles. The zero-order chi connectivity index (χ0) is 17.4. The Morgan fingerprint density at radius 1 is 1.29 bits per heavy atom. The van der Waals surface area contributed by atoms with E-state index in [0.717, 1.165) is 49.1 Å². The molecule has 24 heavy (non-hydrogen) atoms. The number of thiazole rings is 2. The van der Waals surface area contributed by atoms with E-state index in [4.69, 9.17) is 0 Å². The summed E-state index contributed by atoms with van der Waals surface area (Å²) < 4.78 is 0. The summed E-state index contributed by atoms with van der Waals surface area (Å²) in [4.78, 5) is 14.9. The van der Waals surface area contributed by atoms with Crippen molar-refractivity contribution in [2.24, 2.45) is 4.99 Å². The van der Waals surface area contributed by atoms with Crippen molar-refractivity contribution >= 4 is 28.6 Å². The van der Waals surface area contributed by atoms with Gasteiger partial charge in [0, 0.05) is 54.8 Å². The zero-order valence-corrected chi connectivity index (χ0v) is 16.6. The highest BCUT2D eigenvalue weighted by Crippen LogP contribution is 2.19. The molecule has 2 heterocycles. The second-order valence-corrected chi connectivity index (χ2v) is 8.09. The number of nitrogens with one attached hydrogen (secondary N) is 2. The maximum atomic E-state index is 4.67. The number of guanidine groups is 1. The minimum absolute atomic E-state index is 0.505. The van der Waals surface area contributed by atoms with Crippen molar-refractivity contribution in [3.63, 3.8) is 0 Å². The average Bonchev–Trinajstić information content (AvgIpc) is 3.16. The van der Waals surface area contributed by atoms with Gasteiger partial charge in [-0.3, -0.25) is 4.99 Å². The topological polar surface area (TPSA) is 62.2 Å². The molecule has 0 spiro atoms. The van der Waals surface area contributed by atoms with E-state index in [1.165, 1.54) is 9.88 Å². The Balaban J connectivity index is 1.78. The minimum Gasteiger partial charge on any atom is -0.357 e. The third-order valence-corrected chi connectivity index (χ3v) is 5.51. The Morgan fingerprint density at radius 2 is 2.12 bits per heavy atom. The van der Waals surface area contributed by atoms with E-state index in [2.05, 4.69) is 58.7 Å². The molecule has 2 N–H and O–H groups in total. The largest absolute Gasteiger partial charge is 0.357 e. The smallest absolute Gasteiger partial charge is 0.191 e. The van der Waals surface area contributed by atoms with Crippen LogP contribution in [0.1, 0.15) is 47.3 Å². The monoisotopic (exact) mass is 365 g/mol. The zero-order valence-electron chi connectivity index (χ0n) is 14.9. The molecular formula is C17H27N5S2. The fraction of sp³-hybridized carbons (Fsp3) is 0.588. The average molecular weight is 366 g/mol. The van der Waals surface area contributed by atoms with Gasteiger partial charge in [0.2, 0.25) is 0 Å². The molecule has 0 saturated heterocycles. The van der Waals surface area contributed by atoms with Crippen LogP contribution >= 0.6 is 22.7 Å². The molecule has 0 atom stereocenters. The third-order valence-electron chi connectivity index (χ3n) is 3.35. The molecular weight excluding hydrogens is 338 g/mol. The molecule has 2 aromatic heterocycles.